The molecule has 0 atom stereocenters. The maximum atomic E-state index is 10.7. The largest absolute Gasteiger partial charge is 0.496 e. The third-order valence-corrected chi connectivity index (χ3v) is 2.51. The van der Waals surface area contributed by atoms with Gasteiger partial charge in [-0.3, -0.25) is 4.79 Å². The zero-order valence-corrected chi connectivity index (χ0v) is 10.8. The topological polar surface area (TPSA) is 58.6 Å². The fraction of sp³-hybridized carbons (Fsp3) is 0.357. The van der Waals surface area contributed by atoms with Crippen molar-refractivity contribution in [3.8, 4) is 5.75 Å². The molecule has 98 valence electrons. The minimum Gasteiger partial charge on any atom is -0.496 e. The van der Waals surface area contributed by atoms with E-state index in [1.54, 1.807) is 19.2 Å². The van der Waals surface area contributed by atoms with Crippen molar-refractivity contribution in [1.82, 2.24) is 5.32 Å². The molecule has 0 aliphatic rings. The van der Waals surface area contributed by atoms with Gasteiger partial charge in [0.25, 0.3) is 0 Å². The number of carboxylic acid groups (broad SMARTS) is 1. The molecule has 1 aromatic rings. The minimum atomic E-state index is -0.828. The van der Waals surface area contributed by atoms with Crippen LogP contribution < -0.4 is 10.1 Å². The summed E-state index contributed by atoms with van der Waals surface area (Å²) in [5.74, 6) is -0.0740. The van der Waals surface area contributed by atoms with Crippen molar-refractivity contribution in [2.24, 2.45) is 0 Å². The Morgan fingerprint density at radius 1 is 1.50 bits per heavy atom. The van der Waals surface area contributed by atoms with Crippen molar-refractivity contribution in [3.05, 3.63) is 35.4 Å². The van der Waals surface area contributed by atoms with Gasteiger partial charge in [0, 0.05) is 5.56 Å². The molecule has 0 spiro atoms. The summed E-state index contributed by atoms with van der Waals surface area (Å²) in [5.41, 5.74) is 1.68. The number of ether oxygens (including phenoxy) is 1. The molecule has 0 amide bonds. The van der Waals surface area contributed by atoms with Crippen LogP contribution in [0.4, 0.5) is 0 Å². The van der Waals surface area contributed by atoms with Crippen LogP contribution in [0.25, 0.3) is 6.08 Å². The third-order valence-electron chi connectivity index (χ3n) is 2.51. The van der Waals surface area contributed by atoms with E-state index in [-0.39, 0.29) is 6.42 Å². The van der Waals surface area contributed by atoms with Gasteiger partial charge >= 0.3 is 5.97 Å². The number of methoxy groups -OCH3 is 1. The zero-order valence-electron chi connectivity index (χ0n) is 10.8. The summed E-state index contributed by atoms with van der Waals surface area (Å²) in [4.78, 5) is 10.7. The summed E-state index contributed by atoms with van der Waals surface area (Å²) in [6.45, 7) is 0.910. The Morgan fingerprint density at radius 2 is 2.28 bits per heavy atom. The van der Waals surface area contributed by atoms with Crippen LogP contribution in [-0.4, -0.2) is 31.8 Å². The summed E-state index contributed by atoms with van der Waals surface area (Å²) in [7, 11) is 3.51. The lowest BCUT2D eigenvalue weighted by atomic mass is 10.1. The maximum Gasteiger partial charge on any atom is 0.307 e. The van der Waals surface area contributed by atoms with E-state index in [2.05, 4.69) is 5.32 Å². The number of nitrogens with one attached hydrogen (secondary N) is 1. The molecule has 0 radical (unpaired) electrons. The maximum absolute atomic E-state index is 10.7. The van der Waals surface area contributed by atoms with Gasteiger partial charge in [-0.1, -0.05) is 18.2 Å². The number of benzene rings is 1. The molecule has 0 aliphatic heterocycles. The first-order valence-electron chi connectivity index (χ1n) is 5.87. The lowest BCUT2D eigenvalue weighted by molar-refractivity contribution is -0.136. The smallest absolute Gasteiger partial charge is 0.307 e. The molecule has 0 fully saturated rings. The first kappa shape index (κ1) is 14.3. The monoisotopic (exact) mass is 249 g/mol. The molecule has 1 aromatic carbocycles. The molecule has 1 rings (SSSR count). The van der Waals surface area contributed by atoms with Gasteiger partial charge in [0.2, 0.25) is 0 Å². The molecule has 0 heterocycles. The van der Waals surface area contributed by atoms with Crippen LogP contribution in [0.1, 0.15) is 17.5 Å². The van der Waals surface area contributed by atoms with Gasteiger partial charge < -0.3 is 15.2 Å². The Hall–Kier alpha value is -1.81. The fourth-order valence-electron chi connectivity index (χ4n) is 1.64. The zero-order chi connectivity index (χ0) is 13.4. The van der Waals surface area contributed by atoms with Crippen molar-refractivity contribution < 1.29 is 14.6 Å². The molecule has 2 N–H and O–H groups in total. The molecule has 0 aliphatic carbocycles. The number of aliphatic carboxylic acids is 1. The van der Waals surface area contributed by atoms with Gasteiger partial charge in [-0.05, 0) is 37.7 Å². The standard InChI is InChI=1S/C14H19NO3/c1-15-8-4-3-5-12-9-11(10-14(16)17)6-7-13(12)18-2/h3,5-7,9,15H,4,8,10H2,1-2H3,(H,16,17). The van der Waals surface area contributed by atoms with Crippen molar-refractivity contribution in [1.29, 1.82) is 0 Å². The van der Waals surface area contributed by atoms with Crippen LogP contribution in [0.5, 0.6) is 5.75 Å². The Labute approximate surface area is 107 Å². The van der Waals surface area contributed by atoms with E-state index in [1.165, 1.54) is 0 Å². The fourth-order valence-corrected chi connectivity index (χ4v) is 1.64. The summed E-state index contributed by atoms with van der Waals surface area (Å²) < 4.78 is 5.25. The average Bonchev–Trinajstić information content (AvgIpc) is 2.34. The van der Waals surface area contributed by atoms with Crippen LogP contribution in [0, 0.1) is 0 Å². The van der Waals surface area contributed by atoms with E-state index in [9.17, 15) is 4.79 Å². The molecule has 0 bridgehead atoms. The highest BCUT2D eigenvalue weighted by Crippen LogP contribution is 2.21. The molecule has 0 saturated carbocycles. The second-order valence-corrected chi connectivity index (χ2v) is 3.94. The first-order valence-corrected chi connectivity index (χ1v) is 5.87. The summed E-state index contributed by atoms with van der Waals surface area (Å²) >= 11 is 0. The molecule has 0 unspecified atom stereocenters. The van der Waals surface area contributed by atoms with E-state index < -0.39 is 5.97 Å². The predicted molar refractivity (Wildman–Crippen MR) is 71.9 cm³/mol. The normalized spacial score (nSPS) is 10.8. The molecular weight excluding hydrogens is 230 g/mol. The highest BCUT2D eigenvalue weighted by molar-refractivity contribution is 5.71. The lowest BCUT2D eigenvalue weighted by Gasteiger charge is -2.06. The second kappa shape index (κ2) is 7.50. The Bertz CT molecular complexity index is 427. The molecule has 0 aromatic heterocycles. The predicted octanol–water partition coefficient (Wildman–Crippen LogP) is 1.95. The summed E-state index contributed by atoms with van der Waals surface area (Å²) in [6.07, 6.45) is 4.95. The lowest BCUT2D eigenvalue weighted by Crippen LogP contribution is -2.05. The Kier molecular flexibility index (Phi) is 5.94. The van der Waals surface area contributed by atoms with Crippen LogP contribution in [0.3, 0.4) is 0 Å². The minimum absolute atomic E-state index is 0.0291. The van der Waals surface area contributed by atoms with E-state index in [0.717, 1.165) is 29.8 Å². The van der Waals surface area contributed by atoms with Gasteiger partial charge in [0.05, 0.1) is 13.5 Å². The van der Waals surface area contributed by atoms with E-state index in [1.807, 2.05) is 25.3 Å². The second-order valence-electron chi connectivity index (χ2n) is 3.94. The van der Waals surface area contributed by atoms with Crippen LogP contribution in [-0.2, 0) is 11.2 Å². The van der Waals surface area contributed by atoms with E-state index in [0.29, 0.717) is 0 Å². The first-order chi connectivity index (χ1) is 8.67. The van der Waals surface area contributed by atoms with Crippen molar-refractivity contribution in [2.75, 3.05) is 20.7 Å². The van der Waals surface area contributed by atoms with E-state index >= 15 is 0 Å². The molecule has 0 saturated heterocycles. The number of carboxylic acids is 1. The van der Waals surface area contributed by atoms with Crippen LogP contribution in [0.2, 0.25) is 0 Å². The number of hydrogen-bond acceptors (Lipinski definition) is 3. The SMILES string of the molecule is CNCCC=Cc1cc(CC(=O)O)ccc1OC. The van der Waals surface area contributed by atoms with Gasteiger partial charge in [0.15, 0.2) is 0 Å². The highest BCUT2D eigenvalue weighted by atomic mass is 16.5. The third kappa shape index (κ3) is 4.59. The number of carbonyl (C=O) groups is 1. The number of rotatable bonds is 7. The molecule has 4 nitrogen and oxygen atoms in total. The average molecular weight is 249 g/mol. The Balaban J connectivity index is 2.84. The van der Waals surface area contributed by atoms with Crippen LogP contribution in [0.15, 0.2) is 24.3 Å². The van der Waals surface area contributed by atoms with Crippen molar-refractivity contribution >= 4 is 12.0 Å². The Morgan fingerprint density at radius 3 is 2.89 bits per heavy atom. The van der Waals surface area contributed by atoms with Gasteiger partial charge in [-0.15, -0.1) is 0 Å². The highest BCUT2D eigenvalue weighted by Gasteiger charge is 2.04. The molecular formula is C14H19NO3. The van der Waals surface area contributed by atoms with Crippen LogP contribution >= 0.6 is 0 Å². The van der Waals surface area contributed by atoms with Crippen molar-refractivity contribution in [2.45, 2.75) is 12.8 Å². The summed E-state index contributed by atoms with van der Waals surface area (Å²) in [6, 6.07) is 5.43. The van der Waals surface area contributed by atoms with Gasteiger partial charge in [0.1, 0.15) is 5.75 Å². The molecule has 4 heteroatoms. The van der Waals surface area contributed by atoms with Crippen molar-refractivity contribution in [3.63, 3.8) is 0 Å². The number of hydrogen-bond donors (Lipinski definition) is 2. The van der Waals surface area contributed by atoms with Gasteiger partial charge in [-0.2, -0.15) is 0 Å². The van der Waals surface area contributed by atoms with Gasteiger partial charge in [-0.25, -0.2) is 0 Å². The quantitative estimate of drug-likeness (QED) is 0.725. The van der Waals surface area contributed by atoms with E-state index in [4.69, 9.17) is 9.84 Å². The molecule has 18 heavy (non-hydrogen) atoms. The summed E-state index contributed by atoms with van der Waals surface area (Å²) in [5, 5.41) is 11.8.